The molecule has 0 saturated heterocycles. The van der Waals surface area contributed by atoms with Crippen LogP contribution in [0.2, 0.25) is 5.02 Å². The lowest BCUT2D eigenvalue weighted by atomic mass is 9.95. The van der Waals surface area contributed by atoms with Gasteiger partial charge in [-0.15, -0.1) is 0 Å². The standard InChI is InChI=1S/C12H14ClIN2OS/c1-6(2)10(11(15)18)12(17)16-9-4-3-7(14)5-8(9)13/h3-6,10H,1-2H3,(H2,15,18)(H,16,17). The maximum absolute atomic E-state index is 12.1. The minimum atomic E-state index is -0.490. The molecule has 1 unspecified atom stereocenters. The van der Waals surface area contributed by atoms with Crippen LogP contribution in [0.4, 0.5) is 5.69 Å². The highest BCUT2D eigenvalue weighted by atomic mass is 127. The molecule has 0 aliphatic heterocycles. The van der Waals surface area contributed by atoms with E-state index in [-0.39, 0.29) is 16.8 Å². The Bertz CT molecular complexity index is 479. The molecule has 0 heterocycles. The van der Waals surface area contributed by atoms with Crippen molar-refractivity contribution < 1.29 is 4.79 Å². The first-order chi connectivity index (χ1) is 8.32. The fourth-order valence-corrected chi connectivity index (χ4v) is 2.84. The zero-order chi connectivity index (χ0) is 13.9. The Kier molecular flexibility index (Phi) is 5.81. The highest BCUT2D eigenvalue weighted by Crippen LogP contribution is 2.25. The third kappa shape index (κ3) is 4.07. The van der Waals surface area contributed by atoms with Crippen LogP contribution in [0.5, 0.6) is 0 Å². The van der Waals surface area contributed by atoms with Crippen LogP contribution in [0.3, 0.4) is 0 Å². The summed E-state index contributed by atoms with van der Waals surface area (Å²) in [6.45, 7) is 3.80. The van der Waals surface area contributed by atoms with Crippen molar-refractivity contribution in [3.63, 3.8) is 0 Å². The lowest BCUT2D eigenvalue weighted by Crippen LogP contribution is -2.36. The molecule has 0 aliphatic carbocycles. The number of nitrogens with two attached hydrogens (primary N) is 1. The number of nitrogens with one attached hydrogen (secondary N) is 1. The van der Waals surface area contributed by atoms with Gasteiger partial charge in [0.15, 0.2) is 0 Å². The van der Waals surface area contributed by atoms with Gasteiger partial charge in [-0.3, -0.25) is 4.79 Å². The molecule has 18 heavy (non-hydrogen) atoms. The average Bonchev–Trinajstić information content (AvgIpc) is 2.21. The molecule has 1 amide bonds. The number of hydrogen-bond donors (Lipinski definition) is 2. The number of carbonyl (C=O) groups is 1. The molecule has 0 aromatic heterocycles. The molecule has 3 N–H and O–H groups in total. The second-order valence-corrected chi connectivity index (χ2v) is 6.36. The summed E-state index contributed by atoms with van der Waals surface area (Å²) >= 11 is 13.1. The SMILES string of the molecule is CC(C)C(C(=O)Nc1ccc(I)cc1Cl)C(N)=S. The molecule has 0 spiro atoms. The zero-order valence-electron chi connectivity index (χ0n) is 10.0. The van der Waals surface area contributed by atoms with Crippen LogP contribution in [0.15, 0.2) is 18.2 Å². The molecular weight excluding hydrogens is 383 g/mol. The van der Waals surface area contributed by atoms with Gasteiger partial charge in [0.2, 0.25) is 5.91 Å². The Labute approximate surface area is 131 Å². The van der Waals surface area contributed by atoms with Gasteiger partial charge in [0.25, 0.3) is 0 Å². The van der Waals surface area contributed by atoms with Crippen LogP contribution in [-0.4, -0.2) is 10.9 Å². The van der Waals surface area contributed by atoms with Gasteiger partial charge in [-0.25, -0.2) is 0 Å². The van der Waals surface area contributed by atoms with Gasteiger partial charge in [0, 0.05) is 3.57 Å². The summed E-state index contributed by atoms with van der Waals surface area (Å²) in [6.07, 6.45) is 0. The zero-order valence-corrected chi connectivity index (χ0v) is 13.8. The number of benzene rings is 1. The van der Waals surface area contributed by atoms with Crippen LogP contribution in [-0.2, 0) is 4.79 Å². The van der Waals surface area contributed by atoms with Crippen LogP contribution < -0.4 is 11.1 Å². The van der Waals surface area contributed by atoms with Crippen molar-refractivity contribution in [3.8, 4) is 0 Å². The number of hydrogen-bond acceptors (Lipinski definition) is 2. The highest BCUT2D eigenvalue weighted by Gasteiger charge is 2.25. The van der Waals surface area contributed by atoms with Gasteiger partial charge >= 0.3 is 0 Å². The molecule has 3 nitrogen and oxygen atoms in total. The van der Waals surface area contributed by atoms with E-state index in [2.05, 4.69) is 27.9 Å². The van der Waals surface area contributed by atoms with Gasteiger partial charge in [0.05, 0.1) is 21.6 Å². The summed E-state index contributed by atoms with van der Waals surface area (Å²) < 4.78 is 1.00. The van der Waals surface area contributed by atoms with E-state index in [1.165, 1.54) is 0 Å². The molecule has 1 atom stereocenters. The van der Waals surface area contributed by atoms with E-state index in [0.717, 1.165) is 3.57 Å². The summed E-state index contributed by atoms with van der Waals surface area (Å²) in [4.78, 5) is 12.3. The van der Waals surface area contributed by atoms with Crippen molar-refractivity contribution in [1.29, 1.82) is 0 Å². The van der Waals surface area contributed by atoms with E-state index >= 15 is 0 Å². The van der Waals surface area contributed by atoms with E-state index in [9.17, 15) is 4.79 Å². The lowest BCUT2D eigenvalue weighted by Gasteiger charge is -2.19. The first-order valence-corrected chi connectivity index (χ1v) is 7.24. The Morgan fingerprint density at radius 3 is 2.56 bits per heavy atom. The quantitative estimate of drug-likeness (QED) is 0.605. The molecular formula is C12H14ClIN2OS. The summed E-state index contributed by atoms with van der Waals surface area (Å²) in [7, 11) is 0. The van der Waals surface area contributed by atoms with Crippen molar-refractivity contribution in [2.45, 2.75) is 13.8 Å². The molecule has 0 saturated carbocycles. The number of rotatable bonds is 4. The number of amides is 1. The number of carbonyl (C=O) groups excluding carboxylic acids is 1. The second kappa shape index (κ2) is 6.68. The topological polar surface area (TPSA) is 55.1 Å². The minimum absolute atomic E-state index is 0.0464. The Balaban J connectivity index is 2.89. The van der Waals surface area contributed by atoms with Crippen LogP contribution in [0, 0.1) is 15.4 Å². The van der Waals surface area contributed by atoms with E-state index in [4.69, 9.17) is 29.6 Å². The van der Waals surface area contributed by atoms with Crippen molar-refractivity contribution >= 4 is 63.0 Å². The molecule has 1 aromatic carbocycles. The fraction of sp³-hybridized carbons (Fsp3) is 0.333. The van der Waals surface area contributed by atoms with E-state index in [1.807, 2.05) is 19.9 Å². The average molecular weight is 397 g/mol. The molecule has 0 bridgehead atoms. The summed E-state index contributed by atoms with van der Waals surface area (Å²) in [6, 6.07) is 5.41. The first-order valence-electron chi connectivity index (χ1n) is 5.38. The van der Waals surface area contributed by atoms with E-state index in [0.29, 0.717) is 10.7 Å². The van der Waals surface area contributed by atoms with Gasteiger partial charge in [-0.1, -0.05) is 37.7 Å². The smallest absolute Gasteiger partial charge is 0.234 e. The van der Waals surface area contributed by atoms with Gasteiger partial charge in [0.1, 0.15) is 0 Å². The van der Waals surface area contributed by atoms with Gasteiger partial charge in [-0.2, -0.15) is 0 Å². The molecule has 98 valence electrons. The Morgan fingerprint density at radius 2 is 2.11 bits per heavy atom. The maximum atomic E-state index is 12.1. The van der Waals surface area contributed by atoms with E-state index < -0.39 is 5.92 Å². The van der Waals surface area contributed by atoms with Gasteiger partial charge in [-0.05, 0) is 46.7 Å². The summed E-state index contributed by atoms with van der Waals surface area (Å²) in [5.74, 6) is -0.666. The van der Waals surface area contributed by atoms with Crippen LogP contribution in [0.25, 0.3) is 0 Å². The van der Waals surface area contributed by atoms with Gasteiger partial charge < -0.3 is 11.1 Å². The monoisotopic (exact) mass is 396 g/mol. The highest BCUT2D eigenvalue weighted by molar-refractivity contribution is 14.1. The summed E-state index contributed by atoms with van der Waals surface area (Å²) in [5.41, 5.74) is 6.16. The molecule has 1 rings (SSSR count). The number of halogens is 2. The van der Waals surface area contributed by atoms with E-state index in [1.54, 1.807) is 12.1 Å². The third-order valence-corrected chi connectivity index (χ3v) is 3.68. The Morgan fingerprint density at radius 1 is 1.50 bits per heavy atom. The third-order valence-electron chi connectivity index (χ3n) is 2.44. The fourth-order valence-electron chi connectivity index (χ4n) is 1.56. The lowest BCUT2D eigenvalue weighted by molar-refractivity contribution is -0.118. The van der Waals surface area contributed by atoms with Crippen molar-refractivity contribution in [2.75, 3.05) is 5.32 Å². The number of thiocarbonyl (C=S) groups is 1. The second-order valence-electron chi connectivity index (χ2n) is 4.24. The molecule has 0 fully saturated rings. The minimum Gasteiger partial charge on any atom is -0.393 e. The number of anilines is 1. The molecule has 1 aromatic rings. The van der Waals surface area contributed by atoms with Crippen molar-refractivity contribution in [1.82, 2.24) is 0 Å². The molecule has 0 radical (unpaired) electrons. The predicted octanol–water partition coefficient (Wildman–Crippen LogP) is 3.44. The van der Waals surface area contributed by atoms with Crippen molar-refractivity contribution in [3.05, 3.63) is 26.8 Å². The van der Waals surface area contributed by atoms with Crippen LogP contribution in [0.1, 0.15) is 13.8 Å². The Hall–Kier alpha value is -0.400. The molecule has 0 aliphatic rings. The molecule has 6 heteroatoms. The summed E-state index contributed by atoms with van der Waals surface area (Å²) in [5, 5.41) is 3.26. The van der Waals surface area contributed by atoms with Crippen LogP contribution >= 0.6 is 46.4 Å². The predicted molar refractivity (Wildman–Crippen MR) is 87.9 cm³/mol. The largest absolute Gasteiger partial charge is 0.393 e. The maximum Gasteiger partial charge on any atom is 0.234 e. The van der Waals surface area contributed by atoms with Crippen molar-refractivity contribution in [2.24, 2.45) is 17.6 Å². The first kappa shape index (κ1) is 15.7. The normalized spacial score (nSPS) is 12.3.